The van der Waals surface area contributed by atoms with E-state index >= 15 is 0 Å². The van der Waals surface area contributed by atoms with Crippen molar-refractivity contribution in [3.63, 3.8) is 0 Å². The molecule has 0 saturated carbocycles. The van der Waals surface area contributed by atoms with Crippen LogP contribution in [0.1, 0.15) is 12.0 Å². The molecule has 0 atom stereocenters. The molecule has 0 aliphatic carbocycles. The average Bonchev–Trinajstić information content (AvgIpc) is 2.49. The molecule has 3 nitrogen and oxygen atoms in total. The van der Waals surface area contributed by atoms with Gasteiger partial charge in [-0.1, -0.05) is 34.1 Å². The van der Waals surface area contributed by atoms with Gasteiger partial charge >= 0.3 is 0 Å². The number of aliphatic hydroxyl groups is 1. The Labute approximate surface area is 127 Å². The summed E-state index contributed by atoms with van der Waals surface area (Å²) in [5.41, 5.74) is 0.781. The molecule has 2 aromatic rings. The minimum absolute atomic E-state index is 0.0325. The smallest absolute Gasteiger partial charge is 0.124 e. The first kappa shape index (κ1) is 14.9. The summed E-state index contributed by atoms with van der Waals surface area (Å²) in [5.74, 6) is 1.59. The van der Waals surface area contributed by atoms with Gasteiger partial charge in [-0.15, -0.1) is 0 Å². The van der Waals surface area contributed by atoms with Gasteiger partial charge in [0.15, 0.2) is 0 Å². The van der Waals surface area contributed by atoms with Crippen LogP contribution in [-0.2, 0) is 6.61 Å². The van der Waals surface area contributed by atoms with Crippen LogP contribution in [0.2, 0.25) is 0 Å². The molecule has 106 valence electrons. The molecule has 20 heavy (non-hydrogen) atoms. The number of rotatable bonds is 7. The summed E-state index contributed by atoms with van der Waals surface area (Å²) in [4.78, 5) is 0. The van der Waals surface area contributed by atoms with Gasteiger partial charge in [-0.3, -0.25) is 0 Å². The molecule has 0 aliphatic heterocycles. The lowest BCUT2D eigenvalue weighted by Gasteiger charge is -2.11. The standard InChI is InChI=1S/C16H17BrO3/c17-14-7-8-16(13(11-14)12-18)20-10-4-9-19-15-5-2-1-3-6-15/h1-3,5-8,11,18H,4,9-10,12H2. The maximum atomic E-state index is 9.27. The van der Waals surface area contributed by atoms with Crippen LogP contribution in [0.25, 0.3) is 0 Å². The van der Waals surface area contributed by atoms with Crippen LogP contribution in [0.4, 0.5) is 0 Å². The topological polar surface area (TPSA) is 38.7 Å². The second-order valence-electron chi connectivity index (χ2n) is 4.27. The number of hydrogen-bond donors (Lipinski definition) is 1. The van der Waals surface area contributed by atoms with Crippen LogP contribution in [0.15, 0.2) is 53.0 Å². The van der Waals surface area contributed by atoms with Crippen molar-refractivity contribution in [2.45, 2.75) is 13.0 Å². The van der Waals surface area contributed by atoms with Crippen LogP contribution in [-0.4, -0.2) is 18.3 Å². The zero-order chi connectivity index (χ0) is 14.2. The third kappa shape index (κ3) is 4.54. The van der Waals surface area contributed by atoms with Crippen LogP contribution in [0, 0.1) is 0 Å². The number of ether oxygens (including phenoxy) is 2. The molecule has 0 saturated heterocycles. The fourth-order valence-corrected chi connectivity index (χ4v) is 2.17. The van der Waals surface area contributed by atoms with Crippen molar-refractivity contribution in [2.24, 2.45) is 0 Å². The summed E-state index contributed by atoms with van der Waals surface area (Å²) in [6, 6.07) is 15.3. The highest BCUT2D eigenvalue weighted by atomic mass is 79.9. The third-order valence-electron chi connectivity index (χ3n) is 2.75. The number of hydrogen-bond acceptors (Lipinski definition) is 3. The lowest BCUT2D eigenvalue weighted by Crippen LogP contribution is -2.06. The lowest BCUT2D eigenvalue weighted by atomic mass is 10.2. The van der Waals surface area contributed by atoms with Gasteiger partial charge in [0.25, 0.3) is 0 Å². The van der Waals surface area contributed by atoms with Gasteiger partial charge in [-0.05, 0) is 30.3 Å². The Morgan fingerprint density at radius 3 is 2.45 bits per heavy atom. The molecule has 0 fully saturated rings. The number of para-hydroxylation sites is 1. The van der Waals surface area contributed by atoms with Crippen LogP contribution < -0.4 is 9.47 Å². The zero-order valence-corrected chi connectivity index (χ0v) is 12.7. The minimum atomic E-state index is -0.0325. The second-order valence-corrected chi connectivity index (χ2v) is 5.19. The van der Waals surface area contributed by atoms with Crippen molar-refractivity contribution in [1.29, 1.82) is 0 Å². The number of aliphatic hydroxyl groups excluding tert-OH is 1. The third-order valence-corrected chi connectivity index (χ3v) is 3.24. The number of benzene rings is 2. The Kier molecular flexibility index (Phi) is 5.89. The molecule has 0 amide bonds. The molecule has 0 radical (unpaired) electrons. The van der Waals surface area contributed by atoms with Crippen LogP contribution in [0.3, 0.4) is 0 Å². The first-order valence-electron chi connectivity index (χ1n) is 6.49. The molecular weight excluding hydrogens is 320 g/mol. The van der Waals surface area contributed by atoms with Crippen molar-refractivity contribution >= 4 is 15.9 Å². The fraction of sp³-hybridized carbons (Fsp3) is 0.250. The van der Waals surface area contributed by atoms with Gasteiger partial charge in [-0.25, -0.2) is 0 Å². The molecule has 0 aromatic heterocycles. The van der Waals surface area contributed by atoms with E-state index in [-0.39, 0.29) is 6.61 Å². The zero-order valence-electron chi connectivity index (χ0n) is 11.1. The van der Waals surface area contributed by atoms with Gasteiger partial charge in [0.1, 0.15) is 11.5 Å². The van der Waals surface area contributed by atoms with E-state index in [4.69, 9.17) is 9.47 Å². The van der Waals surface area contributed by atoms with E-state index in [9.17, 15) is 5.11 Å². The molecule has 4 heteroatoms. The van der Waals surface area contributed by atoms with Gasteiger partial charge in [0.2, 0.25) is 0 Å². The van der Waals surface area contributed by atoms with E-state index in [0.717, 1.165) is 28.0 Å². The Morgan fingerprint density at radius 1 is 0.950 bits per heavy atom. The van der Waals surface area contributed by atoms with Crippen molar-refractivity contribution < 1.29 is 14.6 Å². The molecular formula is C16H17BrO3. The van der Waals surface area contributed by atoms with Crippen LogP contribution >= 0.6 is 15.9 Å². The molecule has 0 unspecified atom stereocenters. The second kappa shape index (κ2) is 7.92. The summed E-state index contributed by atoms with van der Waals surface area (Å²) >= 11 is 3.37. The molecule has 0 spiro atoms. The molecule has 2 rings (SSSR count). The first-order chi connectivity index (χ1) is 9.79. The molecule has 0 aliphatic rings. The van der Waals surface area contributed by atoms with E-state index in [1.165, 1.54) is 0 Å². The van der Waals surface area contributed by atoms with Gasteiger partial charge in [0.05, 0.1) is 19.8 Å². The predicted octanol–water partition coefficient (Wildman–Crippen LogP) is 3.79. The summed E-state index contributed by atoms with van der Waals surface area (Å²) in [6.45, 7) is 1.13. The van der Waals surface area contributed by atoms with E-state index in [2.05, 4.69) is 15.9 Å². The van der Waals surface area contributed by atoms with Crippen molar-refractivity contribution in [1.82, 2.24) is 0 Å². The van der Waals surface area contributed by atoms with E-state index in [1.807, 2.05) is 48.5 Å². The largest absolute Gasteiger partial charge is 0.493 e. The highest BCUT2D eigenvalue weighted by Gasteiger charge is 2.03. The van der Waals surface area contributed by atoms with Gasteiger partial charge < -0.3 is 14.6 Å². The Hall–Kier alpha value is -1.52. The van der Waals surface area contributed by atoms with Crippen molar-refractivity contribution in [3.05, 3.63) is 58.6 Å². The van der Waals surface area contributed by atoms with Gasteiger partial charge in [0, 0.05) is 16.5 Å². The average molecular weight is 337 g/mol. The van der Waals surface area contributed by atoms with Crippen molar-refractivity contribution in [2.75, 3.05) is 13.2 Å². The number of halogens is 1. The molecule has 2 aromatic carbocycles. The lowest BCUT2D eigenvalue weighted by molar-refractivity contribution is 0.236. The van der Waals surface area contributed by atoms with E-state index in [1.54, 1.807) is 0 Å². The minimum Gasteiger partial charge on any atom is -0.493 e. The van der Waals surface area contributed by atoms with E-state index in [0.29, 0.717) is 13.2 Å². The highest BCUT2D eigenvalue weighted by molar-refractivity contribution is 9.10. The fourth-order valence-electron chi connectivity index (χ4n) is 1.76. The summed E-state index contributed by atoms with van der Waals surface area (Å²) in [5, 5.41) is 9.27. The maximum absolute atomic E-state index is 9.27. The maximum Gasteiger partial charge on any atom is 0.124 e. The van der Waals surface area contributed by atoms with Crippen molar-refractivity contribution in [3.8, 4) is 11.5 Å². The summed E-state index contributed by atoms with van der Waals surface area (Å²) < 4.78 is 12.2. The monoisotopic (exact) mass is 336 g/mol. The molecule has 0 bridgehead atoms. The highest BCUT2D eigenvalue weighted by Crippen LogP contribution is 2.23. The van der Waals surface area contributed by atoms with Gasteiger partial charge in [-0.2, -0.15) is 0 Å². The SMILES string of the molecule is OCc1cc(Br)ccc1OCCCOc1ccccc1. The van der Waals surface area contributed by atoms with E-state index < -0.39 is 0 Å². The predicted molar refractivity (Wildman–Crippen MR) is 82.1 cm³/mol. The quantitative estimate of drug-likeness (QED) is 0.782. The Morgan fingerprint density at radius 2 is 1.70 bits per heavy atom. The van der Waals surface area contributed by atoms with Crippen LogP contribution in [0.5, 0.6) is 11.5 Å². The molecule has 0 heterocycles. The molecule has 1 N–H and O–H groups in total. The summed E-state index contributed by atoms with van der Waals surface area (Å²) in [6.07, 6.45) is 0.788. The Bertz CT molecular complexity index is 529. The first-order valence-corrected chi connectivity index (χ1v) is 7.29. The summed E-state index contributed by atoms with van der Waals surface area (Å²) in [7, 11) is 0. The Balaban J connectivity index is 1.73. The normalized spacial score (nSPS) is 10.3.